The summed E-state index contributed by atoms with van der Waals surface area (Å²) in [7, 11) is 0. The average Bonchev–Trinajstić information content (AvgIpc) is 2.28. The fourth-order valence-corrected chi connectivity index (χ4v) is 2.50. The Morgan fingerprint density at radius 3 is 2.62 bits per heavy atom. The Morgan fingerprint density at radius 1 is 1.38 bits per heavy atom. The molecule has 16 heavy (non-hydrogen) atoms. The highest BCUT2D eigenvalue weighted by Gasteiger charge is 2.19. The van der Waals surface area contributed by atoms with Crippen LogP contribution in [0.5, 0.6) is 0 Å². The lowest BCUT2D eigenvalue weighted by Gasteiger charge is -2.25. The second kappa shape index (κ2) is 6.63. The third-order valence-corrected chi connectivity index (χ3v) is 3.89. The lowest BCUT2D eigenvalue weighted by molar-refractivity contribution is 0.383. The molecule has 0 aliphatic carbocycles. The molecule has 2 atom stereocenters. The Kier molecular flexibility index (Phi) is 5.81. The van der Waals surface area contributed by atoms with Gasteiger partial charge < -0.3 is 5.32 Å². The molecule has 0 radical (unpaired) electrons. The fraction of sp³-hybridized carbons (Fsp3) is 0.538. The third kappa shape index (κ3) is 3.47. The first-order valence-electron chi connectivity index (χ1n) is 5.78. The average molecular weight is 305 g/mol. The molecule has 1 rings (SSSR count). The maximum Gasteiger partial charge on any atom is 0.0410 e. The summed E-state index contributed by atoms with van der Waals surface area (Å²) in [6.45, 7) is 7.58. The monoisotopic (exact) mass is 303 g/mol. The van der Waals surface area contributed by atoms with Crippen molar-refractivity contribution in [2.45, 2.75) is 33.2 Å². The van der Waals surface area contributed by atoms with Gasteiger partial charge in [0.1, 0.15) is 0 Å². The number of benzene rings is 1. The molecule has 2 unspecified atom stereocenters. The van der Waals surface area contributed by atoms with E-state index in [0.717, 1.165) is 22.5 Å². The third-order valence-electron chi connectivity index (χ3n) is 2.93. The van der Waals surface area contributed by atoms with Crippen molar-refractivity contribution in [1.82, 2.24) is 5.32 Å². The van der Waals surface area contributed by atoms with Gasteiger partial charge in [-0.05, 0) is 36.2 Å². The van der Waals surface area contributed by atoms with Crippen LogP contribution in [0.4, 0.5) is 0 Å². The summed E-state index contributed by atoms with van der Waals surface area (Å²) in [6, 6.07) is 6.34. The van der Waals surface area contributed by atoms with Gasteiger partial charge in [-0.15, -0.1) is 0 Å². The summed E-state index contributed by atoms with van der Waals surface area (Å²) in [6.07, 6.45) is 1.15. The largest absolute Gasteiger partial charge is 0.310 e. The van der Waals surface area contributed by atoms with E-state index < -0.39 is 0 Å². The molecule has 1 aromatic rings. The minimum absolute atomic E-state index is 0.364. The molecule has 90 valence electrons. The van der Waals surface area contributed by atoms with Crippen molar-refractivity contribution in [3.8, 4) is 0 Å². The minimum Gasteiger partial charge on any atom is -0.310 e. The van der Waals surface area contributed by atoms with E-state index in [0.29, 0.717) is 12.0 Å². The van der Waals surface area contributed by atoms with E-state index in [1.165, 1.54) is 5.56 Å². The van der Waals surface area contributed by atoms with Crippen molar-refractivity contribution in [3.05, 3.63) is 33.3 Å². The first-order chi connectivity index (χ1) is 7.60. The van der Waals surface area contributed by atoms with Crippen LogP contribution in [0.15, 0.2) is 22.7 Å². The minimum atomic E-state index is 0.364. The molecule has 1 N–H and O–H groups in total. The standard InChI is InChI=1S/C13H19BrClN/c1-4-9(3)13(16-5-2)11-8-10(15)6-7-12(11)14/h6-9,13,16H,4-5H2,1-3H3. The quantitative estimate of drug-likeness (QED) is 0.824. The predicted molar refractivity (Wildman–Crippen MR) is 75.0 cm³/mol. The zero-order valence-electron chi connectivity index (χ0n) is 10.1. The van der Waals surface area contributed by atoms with Crippen LogP contribution in [-0.2, 0) is 0 Å². The highest BCUT2D eigenvalue weighted by atomic mass is 79.9. The van der Waals surface area contributed by atoms with Crippen LogP contribution in [0, 0.1) is 5.92 Å². The topological polar surface area (TPSA) is 12.0 Å². The number of hydrogen-bond donors (Lipinski definition) is 1. The molecular weight excluding hydrogens is 286 g/mol. The van der Waals surface area contributed by atoms with Gasteiger partial charge in [0.05, 0.1) is 0 Å². The Morgan fingerprint density at radius 2 is 2.06 bits per heavy atom. The van der Waals surface area contributed by atoms with Gasteiger partial charge in [-0.1, -0.05) is 54.7 Å². The van der Waals surface area contributed by atoms with Crippen LogP contribution in [0.25, 0.3) is 0 Å². The molecule has 0 spiro atoms. The summed E-state index contributed by atoms with van der Waals surface area (Å²) in [5.41, 5.74) is 1.25. The van der Waals surface area contributed by atoms with Gasteiger partial charge in [0.25, 0.3) is 0 Å². The van der Waals surface area contributed by atoms with Gasteiger partial charge in [-0.25, -0.2) is 0 Å². The molecule has 0 bridgehead atoms. The van der Waals surface area contributed by atoms with E-state index in [4.69, 9.17) is 11.6 Å². The second-order valence-corrected chi connectivity index (χ2v) is 5.38. The Hall–Kier alpha value is -0.0500. The molecular formula is C13H19BrClN. The maximum atomic E-state index is 6.06. The molecule has 0 amide bonds. The molecule has 0 aliphatic heterocycles. The van der Waals surface area contributed by atoms with Crippen molar-refractivity contribution in [1.29, 1.82) is 0 Å². The van der Waals surface area contributed by atoms with Crippen molar-refractivity contribution in [2.75, 3.05) is 6.54 Å². The summed E-state index contributed by atoms with van der Waals surface area (Å²) in [5, 5.41) is 4.32. The zero-order chi connectivity index (χ0) is 12.1. The van der Waals surface area contributed by atoms with Gasteiger partial charge in [-0.3, -0.25) is 0 Å². The van der Waals surface area contributed by atoms with Crippen LogP contribution < -0.4 is 5.32 Å². The molecule has 0 aromatic heterocycles. The van der Waals surface area contributed by atoms with Gasteiger partial charge >= 0.3 is 0 Å². The van der Waals surface area contributed by atoms with E-state index >= 15 is 0 Å². The molecule has 0 saturated carbocycles. The predicted octanol–water partition coefficient (Wildman–Crippen LogP) is 4.80. The van der Waals surface area contributed by atoms with Crippen LogP contribution in [0.2, 0.25) is 5.02 Å². The number of nitrogens with one attached hydrogen (secondary N) is 1. The Labute approximate surface area is 112 Å². The van der Waals surface area contributed by atoms with Crippen LogP contribution in [0.3, 0.4) is 0 Å². The van der Waals surface area contributed by atoms with E-state index in [9.17, 15) is 0 Å². The van der Waals surface area contributed by atoms with Crippen molar-refractivity contribution in [2.24, 2.45) is 5.92 Å². The van der Waals surface area contributed by atoms with E-state index in [1.54, 1.807) is 0 Å². The van der Waals surface area contributed by atoms with Gasteiger partial charge in [0.2, 0.25) is 0 Å². The van der Waals surface area contributed by atoms with Gasteiger partial charge in [-0.2, -0.15) is 0 Å². The highest BCUT2D eigenvalue weighted by molar-refractivity contribution is 9.10. The molecule has 1 nitrogen and oxygen atoms in total. The van der Waals surface area contributed by atoms with Gasteiger partial charge in [0, 0.05) is 15.5 Å². The lowest BCUT2D eigenvalue weighted by Crippen LogP contribution is -2.26. The molecule has 1 aromatic carbocycles. The number of rotatable bonds is 5. The SMILES string of the molecule is CCNC(c1cc(Cl)ccc1Br)C(C)CC. The second-order valence-electron chi connectivity index (χ2n) is 4.09. The maximum absolute atomic E-state index is 6.06. The molecule has 0 aliphatic rings. The summed E-state index contributed by atoms with van der Waals surface area (Å²) >= 11 is 9.66. The number of hydrogen-bond acceptors (Lipinski definition) is 1. The number of halogens is 2. The van der Waals surface area contributed by atoms with Crippen LogP contribution in [0.1, 0.15) is 38.8 Å². The smallest absolute Gasteiger partial charge is 0.0410 e. The highest BCUT2D eigenvalue weighted by Crippen LogP contribution is 2.32. The Balaban J connectivity index is 3.04. The lowest BCUT2D eigenvalue weighted by atomic mass is 9.92. The van der Waals surface area contributed by atoms with E-state index in [1.807, 2.05) is 18.2 Å². The summed E-state index contributed by atoms with van der Waals surface area (Å²) in [5.74, 6) is 0.592. The summed E-state index contributed by atoms with van der Waals surface area (Å²) in [4.78, 5) is 0. The van der Waals surface area contributed by atoms with Crippen molar-refractivity contribution < 1.29 is 0 Å². The molecule has 3 heteroatoms. The zero-order valence-corrected chi connectivity index (χ0v) is 12.4. The molecule has 0 saturated heterocycles. The molecule has 0 fully saturated rings. The first-order valence-corrected chi connectivity index (χ1v) is 6.95. The molecule has 0 heterocycles. The van der Waals surface area contributed by atoms with Gasteiger partial charge in [0.15, 0.2) is 0 Å². The fourth-order valence-electron chi connectivity index (χ4n) is 1.83. The van der Waals surface area contributed by atoms with Crippen molar-refractivity contribution in [3.63, 3.8) is 0 Å². The Bertz CT molecular complexity index is 341. The van der Waals surface area contributed by atoms with Crippen LogP contribution >= 0.6 is 27.5 Å². The first kappa shape index (κ1) is 14.0. The normalized spacial score (nSPS) is 14.8. The van der Waals surface area contributed by atoms with Crippen LogP contribution in [-0.4, -0.2) is 6.54 Å². The van der Waals surface area contributed by atoms with E-state index in [-0.39, 0.29) is 0 Å². The van der Waals surface area contributed by atoms with E-state index in [2.05, 4.69) is 42.0 Å². The van der Waals surface area contributed by atoms with Crippen molar-refractivity contribution >= 4 is 27.5 Å². The summed E-state index contributed by atoms with van der Waals surface area (Å²) < 4.78 is 1.13.